The van der Waals surface area contributed by atoms with E-state index in [0.29, 0.717) is 28.6 Å². The van der Waals surface area contributed by atoms with E-state index >= 15 is 4.39 Å². The number of nitrogens with zero attached hydrogens (tertiary/aromatic N) is 5. The first-order chi connectivity index (χ1) is 19.9. The van der Waals surface area contributed by atoms with E-state index in [1.807, 2.05) is 24.9 Å². The Kier molecular flexibility index (Phi) is 8.58. The zero-order chi connectivity index (χ0) is 30.2. The highest BCUT2D eigenvalue weighted by atomic mass is 31.2. The highest BCUT2D eigenvalue weighted by Crippen LogP contribution is 2.51. The van der Waals surface area contributed by atoms with Gasteiger partial charge in [-0.05, 0) is 39.2 Å². The smallest absolute Gasteiger partial charge is 0.323 e. The standard InChI is InChI=1S/C28H39FN7O5P/c1-17(2)40-26(37)19(4)34-42(38,14-20-9-7-6-8-10-20)39-15-28(29)13-18(3)25(41-28)36-16-31-22-23(35(5)21-11-12-21)32-27(30)33-24(22)36/h6-10,16-19,21,25H,11-15H2,1-5H3,(H,34,38)(H2,30,32,33)/t18-,19-,25+,28-,42?/m0/s1. The molecule has 2 aromatic heterocycles. The molecule has 1 aliphatic heterocycles. The van der Waals surface area contributed by atoms with Crippen molar-refractivity contribution in [2.75, 3.05) is 24.3 Å². The van der Waals surface area contributed by atoms with Gasteiger partial charge in [-0.15, -0.1) is 0 Å². The van der Waals surface area contributed by atoms with Crippen molar-refractivity contribution in [3.05, 3.63) is 42.2 Å². The van der Waals surface area contributed by atoms with Crippen LogP contribution in [0.25, 0.3) is 11.2 Å². The summed E-state index contributed by atoms with van der Waals surface area (Å²) in [6, 6.07) is 8.45. The van der Waals surface area contributed by atoms with Gasteiger partial charge in [-0.3, -0.25) is 13.9 Å². The first-order valence-corrected chi connectivity index (χ1v) is 16.0. The molecule has 0 bridgehead atoms. The molecule has 12 nitrogen and oxygen atoms in total. The van der Waals surface area contributed by atoms with Crippen molar-refractivity contribution in [3.63, 3.8) is 0 Å². The summed E-state index contributed by atoms with van der Waals surface area (Å²) in [5.74, 6) is -2.44. The van der Waals surface area contributed by atoms with Crippen LogP contribution in [0.15, 0.2) is 36.7 Å². The minimum absolute atomic E-state index is 0.0248. The number of ether oxygens (including phenoxy) is 2. The zero-order valence-corrected chi connectivity index (χ0v) is 25.5. The van der Waals surface area contributed by atoms with Crippen LogP contribution in [0, 0.1) is 5.92 Å². The number of aromatic nitrogens is 4. The van der Waals surface area contributed by atoms with Crippen LogP contribution in [0.3, 0.4) is 0 Å². The Balaban J connectivity index is 1.34. The summed E-state index contributed by atoms with van der Waals surface area (Å²) in [5, 5.41) is 2.79. The van der Waals surface area contributed by atoms with Gasteiger partial charge >= 0.3 is 5.97 Å². The van der Waals surface area contributed by atoms with E-state index in [1.165, 1.54) is 6.92 Å². The van der Waals surface area contributed by atoms with Gasteiger partial charge in [0.25, 0.3) is 7.52 Å². The van der Waals surface area contributed by atoms with Crippen LogP contribution in [-0.2, 0) is 29.5 Å². The van der Waals surface area contributed by atoms with Crippen molar-refractivity contribution in [2.45, 2.75) is 83.4 Å². The van der Waals surface area contributed by atoms with Crippen molar-refractivity contribution in [1.82, 2.24) is 24.6 Å². The van der Waals surface area contributed by atoms with Gasteiger partial charge in [0, 0.05) is 25.4 Å². The number of benzene rings is 1. The second kappa shape index (κ2) is 11.9. The van der Waals surface area contributed by atoms with E-state index in [0.717, 1.165) is 12.8 Å². The number of nitrogen functional groups attached to an aromatic ring is 1. The lowest BCUT2D eigenvalue weighted by Crippen LogP contribution is -2.37. The molecular weight excluding hydrogens is 564 g/mol. The summed E-state index contributed by atoms with van der Waals surface area (Å²) in [5.41, 5.74) is 7.76. The Bertz CT molecular complexity index is 1470. The number of hydrogen-bond acceptors (Lipinski definition) is 10. The third kappa shape index (κ3) is 6.75. The summed E-state index contributed by atoms with van der Waals surface area (Å²) >= 11 is 0. The lowest BCUT2D eigenvalue weighted by atomic mass is 10.1. The molecule has 228 valence electrons. The van der Waals surface area contributed by atoms with E-state index in [9.17, 15) is 9.36 Å². The minimum Gasteiger partial charge on any atom is -0.462 e. The van der Waals surface area contributed by atoms with Gasteiger partial charge in [-0.25, -0.2) is 14.5 Å². The van der Waals surface area contributed by atoms with Gasteiger partial charge in [0.1, 0.15) is 18.9 Å². The molecule has 42 heavy (non-hydrogen) atoms. The average Bonchev–Trinajstić information content (AvgIpc) is 3.62. The van der Waals surface area contributed by atoms with Gasteiger partial charge in [0.15, 0.2) is 17.0 Å². The zero-order valence-electron chi connectivity index (χ0n) is 24.6. The molecule has 1 unspecified atom stereocenters. The van der Waals surface area contributed by atoms with E-state index in [4.69, 9.17) is 19.7 Å². The molecule has 0 radical (unpaired) electrons. The van der Waals surface area contributed by atoms with Crippen molar-refractivity contribution in [2.24, 2.45) is 5.92 Å². The van der Waals surface area contributed by atoms with Gasteiger partial charge in [-0.1, -0.05) is 37.3 Å². The number of esters is 1. The number of imidazole rings is 1. The van der Waals surface area contributed by atoms with E-state index in [2.05, 4.69) is 20.0 Å². The highest BCUT2D eigenvalue weighted by molar-refractivity contribution is 7.56. The Morgan fingerprint density at radius 2 is 2.00 bits per heavy atom. The van der Waals surface area contributed by atoms with E-state index in [1.54, 1.807) is 49.0 Å². The number of hydrogen-bond donors (Lipinski definition) is 2. The minimum atomic E-state index is -3.79. The van der Waals surface area contributed by atoms with Crippen molar-refractivity contribution < 1.29 is 27.7 Å². The van der Waals surface area contributed by atoms with Crippen molar-refractivity contribution >= 4 is 36.4 Å². The normalized spacial score (nSPS) is 24.5. The molecule has 5 rings (SSSR count). The maximum Gasteiger partial charge on any atom is 0.323 e. The summed E-state index contributed by atoms with van der Waals surface area (Å²) < 4.78 is 49.0. The number of alkyl halides is 1. The Morgan fingerprint density at radius 3 is 2.67 bits per heavy atom. The molecule has 1 saturated carbocycles. The molecule has 2 aliphatic rings. The van der Waals surface area contributed by atoms with E-state index < -0.39 is 38.2 Å². The van der Waals surface area contributed by atoms with Crippen LogP contribution >= 0.6 is 7.52 Å². The fraction of sp³-hybridized carbons (Fsp3) is 0.571. The predicted octanol–water partition coefficient (Wildman–Crippen LogP) is 4.57. The molecule has 3 N–H and O–H groups in total. The first kappa shape index (κ1) is 30.3. The van der Waals surface area contributed by atoms with Crippen molar-refractivity contribution in [1.29, 1.82) is 0 Å². The lowest BCUT2D eigenvalue weighted by molar-refractivity contribution is -0.172. The number of carbonyl (C=O) groups excluding carboxylic acids is 1. The number of fused-ring (bicyclic) bond motifs is 1. The van der Waals surface area contributed by atoms with Crippen LogP contribution in [0.4, 0.5) is 16.2 Å². The van der Waals surface area contributed by atoms with Crippen LogP contribution in [0.1, 0.15) is 58.7 Å². The summed E-state index contributed by atoms with van der Waals surface area (Å²) in [7, 11) is -1.84. The quantitative estimate of drug-likeness (QED) is 0.222. The maximum absolute atomic E-state index is 16.3. The summed E-state index contributed by atoms with van der Waals surface area (Å²) in [6.07, 6.45) is 2.50. The number of nitrogens with one attached hydrogen (secondary N) is 1. The molecule has 1 aliphatic carbocycles. The third-order valence-electron chi connectivity index (χ3n) is 7.39. The molecule has 3 heterocycles. The summed E-state index contributed by atoms with van der Waals surface area (Å²) in [4.78, 5) is 27.8. The SMILES string of the molecule is CC(C)OC(=O)[C@H](C)NP(=O)(Cc1ccccc1)OC[C@]1(F)C[C@H](C)[C@H](n2cnc3c(N(C)C4CC4)nc(N)nc32)O1. The van der Waals surface area contributed by atoms with Crippen LogP contribution in [-0.4, -0.2) is 63.2 Å². The van der Waals surface area contributed by atoms with Gasteiger partial charge in [-0.2, -0.15) is 9.97 Å². The molecule has 14 heteroatoms. The number of rotatable bonds is 12. The maximum atomic E-state index is 16.3. The van der Waals surface area contributed by atoms with Crippen LogP contribution in [0.2, 0.25) is 0 Å². The first-order valence-electron chi connectivity index (χ1n) is 14.2. The number of anilines is 2. The van der Waals surface area contributed by atoms with Crippen LogP contribution < -0.4 is 15.7 Å². The van der Waals surface area contributed by atoms with Gasteiger partial charge in [0.05, 0.1) is 18.6 Å². The topological polar surface area (TPSA) is 147 Å². The third-order valence-corrected chi connectivity index (χ3v) is 9.49. The Hall–Kier alpha value is -3.12. The largest absolute Gasteiger partial charge is 0.462 e. The second-order valence-corrected chi connectivity index (χ2v) is 13.8. The molecule has 2 fully saturated rings. The molecular formula is C28H39FN7O5P. The molecule has 0 amide bonds. The average molecular weight is 604 g/mol. The lowest BCUT2D eigenvalue weighted by Gasteiger charge is -2.27. The molecule has 1 saturated heterocycles. The highest BCUT2D eigenvalue weighted by Gasteiger charge is 2.48. The summed E-state index contributed by atoms with van der Waals surface area (Å²) in [6.45, 7) is 6.22. The fourth-order valence-electron chi connectivity index (χ4n) is 5.21. The van der Waals surface area contributed by atoms with Crippen LogP contribution in [0.5, 0.6) is 0 Å². The Labute approximate surface area is 244 Å². The van der Waals surface area contributed by atoms with Gasteiger partial charge in [0.2, 0.25) is 11.8 Å². The molecule has 5 atom stereocenters. The van der Waals surface area contributed by atoms with Crippen molar-refractivity contribution in [3.8, 4) is 0 Å². The number of nitrogens with two attached hydrogens (primary N) is 1. The molecule has 3 aromatic rings. The Morgan fingerprint density at radius 1 is 1.29 bits per heavy atom. The number of carbonyl (C=O) groups is 1. The predicted molar refractivity (Wildman–Crippen MR) is 156 cm³/mol. The monoisotopic (exact) mass is 603 g/mol. The molecule has 1 aromatic carbocycles. The fourth-order valence-corrected chi connectivity index (χ4v) is 7.25. The second-order valence-electron chi connectivity index (χ2n) is 11.6. The number of halogens is 1. The van der Waals surface area contributed by atoms with Gasteiger partial charge < -0.3 is 24.6 Å². The van der Waals surface area contributed by atoms with E-state index in [-0.39, 0.29) is 30.6 Å². The molecule has 0 spiro atoms.